The van der Waals surface area contributed by atoms with Crippen LogP contribution in [0.1, 0.15) is 6.42 Å². The highest BCUT2D eigenvalue weighted by Crippen LogP contribution is 2.25. The van der Waals surface area contributed by atoms with E-state index < -0.39 is 0 Å². The maximum atomic E-state index is 11.9. The van der Waals surface area contributed by atoms with Gasteiger partial charge < -0.3 is 9.80 Å². The largest absolute Gasteiger partial charge is 0.349 e. The summed E-state index contributed by atoms with van der Waals surface area (Å²) in [7, 11) is 3.44. The van der Waals surface area contributed by atoms with Crippen molar-refractivity contribution < 1.29 is 9.59 Å². The van der Waals surface area contributed by atoms with Gasteiger partial charge in [-0.05, 0) is 12.1 Å². The number of hydrogen-bond donors (Lipinski definition) is 0. The minimum Gasteiger partial charge on any atom is -0.349 e. The summed E-state index contributed by atoms with van der Waals surface area (Å²) in [4.78, 5) is 26.9. The summed E-state index contributed by atoms with van der Waals surface area (Å²) in [6, 6.07) is 9.47. The van der Waals surface area contributed by atoms with Gasteiger partial charge >= 0.3 is 0 Å². The van der Waals surface area contributed by atoms with E-state index in [1.165, 1.54) is 0 Å². The molecule has 1 heterocycles. The van der Waals surface area contributed by atoms with Gasteiger partial charge in [-0.1, -0.05) is 18.2 Å². The molecule has 17 heavy (non-hydrogen) atoms. The molecule has 2 rings (SSSR count). The zero-order valence-electron chi connectivity index (χ0n) is 10.1. The van der Waals surface area contributed by atoms with E-state index in [1.807, 2.05) is 30.3 Å². The minimum atomic E-state index is -0.210. The monoisotopic (exact) mass is 232 g/mol. The minimum absolute atomic E-state index is 0.0244. The van der Waals surface area contributed by atoms with Gasteiger partial charge in [-0.15, -0.1) is 0 Å². The zero-order valence-corrected chi connectivity index (χ0v) is 10.1. The number of carbonyl (C=O) groups is 2. The standard InChI is InChI=1S/C13H16N2O2/c1-14(2)13(17)10-8-12(16)15(9-10)11-6-4-3-5-7-11/h3-7,10H,8-9H2,1-2H3/t10-/m1/s1. The fraction of sp³-hybridized carbons (Fsp3) is 0.385. The molecule has 4 heteroatoms. The van der Waals surface area contributed by atoms with E-state index in [2.05, 4.69) is 0 Å². The smallest absolute Gasteiger partial charge is 0.227 e. The SMILES string of the molecule is CN(C)C(=O)[C@@H]1CC(=O)N(c2ccccc2)C1. The molecule has 2 amide bonds. The van der Waals surface area contributed by atoms with Gasteiger partial charge in [0.05, 0.1) is 5.92 Å². The average Bonchev–Trinajstić information content (AvgIpc) is 2.71. The Morgan fingerprint density at radius 3 is 2.53 bits per heavy atom. The number of benzene rings is 1. The number of carbonyl (C=O) groups excluding carboxylic acids is 2. The van der Waals surface area contributed by atoms with Crippen LogP contribution in [0.15, 0.2) is 30.3 Å². The molecule has 0 bridgehead atoms. The first-order chi connectivity index (χ1) is 8.09. The maximum Gasteiger partial charge on any atom is 0.227 e. The molecule has 0 saturated carbocycles. The van der Waals surface area contributed by atoms with Gasteiger partial charge in [-0.2, -0.15) is 0 Å². The summed E-state index contributed by atoms with van der Waals surface area (Å²) < 4.78 is 0. The van der Waals surface area contributed by atoms with E-state index in [4.69, 9.17) is 0 Å². The van der Waals surface area contributed by atoms with Crippen LogP contribution in [0.4, 0.5) is 5.69 Å². The average molecular weight is 232 g/mol. The number of rotatable bonds is 2. The zero-order chi connectivity index (χ0) is 12.4. The third-order valence-corrected chi connectivity index (χ3v) is 2.98. The van der Waals surface area contributed by atoms with Crippen LogP contribution in [-0.4, -0.2) is 37.4 Å². The fourth-order valence-electron chi connectivity index (χ4n) is 2.10. The maximum absolute atomic E-state index is 11.9. The second kappa shape index (κ2) is 4.57. The molecular weight excluding hydrogens is 216 g/mol. The molecule has 0 aliphatic carbocycles. The molecule has 1 fully saturated rings. The lowest BCUT2D eigenvalue weighted by Gasteiger charge is -2.18. The molecule has 1 aromatic carbocycles. The molecule has 90 valence electrons. The Balaban J connectivity index is 2.14. The molecule has 1 saturated heterocycles. The van der Waals surface area contributed by atoms with E-state index in [0.717, 1.165) is 5.69 Å². The van der Waals surface area contributed by atoms with Crippen molar-refractivity contribution in [1.82, 2.24) is 4.90 Å². The molecule has 4 nitrogen and oxygen atoms in total. The van der Waals surface area contributed by atoms with Gasteiger partial charge in [-0.3, -0.25) is 9.59 Å². The summed E-state index contributed by atoms with van der Waals surface area (Å²) in [5, 5.41) is 0. The Hall–Kier alpha value is -1.84. The molecule has 0 N–H and O–H groups in total. The van der Waals surface area contributed by atoms with Gasteiger partial charge in [0.15, 0.2) is 0 Å². The number of hydrogen-bond acceptors (Lipinski definition) is 2. The van der Waals surface area contributed by atoms with Crippen molar-refractivity contribution in [1.29, 1.82) is 0 Å². The van der Waals surface area contributed by atoms with Crippen molar-refractivity contribution in [3.8, 4) is 0 Å². The van der Waals surface area contributed by atoms with Crippen LogP contribution in [0.5, 0.6) is 0 Å². The van der Waals surface area contributed by atoms with Gasteiger partial charge in [0, 0.05) is 32.7 Å². The predicted molar refractivity (Wildman–Crippen MR) is 65.6 cm³/mol. The van der Waals surface area contributed by atoms with Gasteiger partial charge in [0.25, 0.3) is 0 Å². The quantitative estimate of drug-likeness (QED) is 0.767. The first-order valence-corrected chi connectivity index (χ1v) is 5.66. The van der Waals surface area contributed by atoms with Gasteiger partial charge in [-0.25, -0.2) is 0 Å². The normalized spacial score (nSPS) is 19.5. The lowest BCUT2D eigenvalue weighted by atomic mass is 10.1. The van der Waals surface area contributed by atoms with Crippen molar-refractivity contribution in [2.75, 3.05) is 25.5 Å². The summed E-state index contributed by atoms with van der Waals surface area (Å²) in [6.45, 7) is 0.486. The molecule has 0 aromatic heterocycles. The van der Waals surface area contributed by atoms with Crippen LogP contribution < -0.4 is 4.90 Å². The van der Waals surface area contributed by atoms with Crippen LogP contribution in [0.3, 0.4) is 0 Å². The van der Waals surface area contributed by atoms with Crippen molar-refractivity contribution in [3.05, 3.63) is 30.3 Å². The van der Waals surface area contributed by atoms with Crippen LogP contribution in [0.25, 0.3) is 0 Å². The van der Waals surface area contributed by atoms with E-state index in [-0.39, 0.29) is 17.7 Å². The highest BCUT2D eigenvalue weighted by Gasteiger charge is 2.35. The first-order valence-electron chi connectivity index (χ1n) is 5.66. The number of amides is 2. The van der Waals surface area contributed by atoms with Gasteiger partial charge in [0.1, 0.15) is 0 Å². The second-order valence-electron chi connectivity index (χ2n) is 4.47. The molecule has 1 aliphatic heterocycles. The first kappa shape index (κ1) is 11.6. The van der Waals surface area contributed by atoms with E-state index in [1.54, 1.807) is 23.9 Å². The topological polar surface area (TPSA) is 40.6 Å². The molecule has 1 aliphatic rings. The Morgan fingerprint density at radius 2 is 1.94 bits per heavy atom. The molecular formula is C13H16N2O2. The molecule has 0 radical (unpaired) electrons. The summed E-state index contributed by atoms with van der Waals surface area (Å²) >= 11 is 0. The van der Waals surface area contributed by atoms with Crippen molar-refractivity contribution >= 4 is 17.5 Å². The third kappa shape index (κ3) is 2.30. The number of para-hydroxylation sites is 1. The van der Waals surface area contributed by atoms with Crippen LogP contribution in [-0.2, 0) is 9.59 Å². The number of anilines is 1. The van der Waals surface area contributed by atoms with E-state index in [0.29, 0.717) is 13.0 Å². The molecule has 0 spiro atoms. The fourth-order valence-corrected chi connectivity index (χ4v) is 2.10. The lowest BCUT2D eigenvalue weighted by Crippen LogP contribution is -2.32. The van der Waals surface area contributed by atoms with Crippen molar-refractivity contribution in [2.24, 2.45) is 5.92 Å². The van der Waals surface area contributed by atoms with Crippen LogP contribution >= 0.6 is 0 Å². The summed E-state index contributed by atoms with van der Waals surface area (Å²) in [6.07, 6.45) is 0.311. The Morgan fingerprint density at radius 1 is 1.29 bits per heavy atom. The van der Waals surface area contributed by atoms with Crippen molar-refractivity contribution in [2.45, 2.75) is 6.42 Å². The summed E-state index contributed by atoms with van der Waals surface area (Å²) in [5.74, 6) is -0.161. The van der Waals surface area contributed by atoms with E-state index in [9.17, 15) is 9.59 Å². The molecule has 1 aromatic rings. The molecule has 0 unspecified atom stereocenters. The Labute approximate surface area is 101 Å². The number of nitrogens with zero attached hydrogens (tertiary/aromatic N) is 2. The van der Waals surface area contributed by atoms with Crippen LogP contribution in [0, 0.1) is 5.92 Å². The highest BCUT2D eigenvalue weighted by molar-refractivity contribution is 6.00. The van der Waals surface area contributed by atoms with Crippen LogP contribution in [0.2, 0.25) is 0 Å². The third-order valence-electron chi connectivity index (χ3n) is 2.98. The Bertz CT molecular complexity index is 428. The van der Waals surface area contributed by atoms with E-state index >= 15 is 0 Å². The van der Waals surface area contributed by atoms with Crippen molar-refractivity contribution in [3.63, 3.8) is 0 Å². The molecule has 1 atom stereocenters. The van der Waals surface area contributed by atoms with Gasteiger partial charge in [0.2, 0.25) is 11.8 Å². The highest BCUT2D eigenvalue weighted by atomic mass is 16.2. The second-order valence-corrected chi connectivity index (χ2v) is 4.47. The Kier molecular flexibility index (Phi) is 3.13. The lowest BCUT2D eigenvalue weighted by molar-refractivity contribution is -0.133. The predicted octanol–water partition coefficient (Wildman–Crippen LogP) is 1.13. The summed E-state index contributed by atoms with van der Waals surface area (Å²) in [5.41, 5.74) is 0.867.